The smallest absolute Gasteiger partial charge is 0.234 e. The number of methoxy groups -OCH3 is 1. The molecule has 1 aromatic carbocycles. The maximum atomic E-state index is 13.5. The van der Waals surface area contributed by atoms with Gasteiger partial charge < -0.3 is 10.1 Å². The fourth-order valence-electron chi connectivity index (χ4n) is 1.80. The van der Waals surface area contributed by atoms with Crippen molar-refractivity contribution in [2.24, 2.45) is 0 Å². The largest absolute Gasteiger partial charge is 0.494 e. The van der Waals surface area contributed by atoms with Crippen molar-refractivity contribution in [1.82, 2.24) is 10.2 Å². The van der Waals surface area contributed by atoms with Gasteiger partial charge in [-0.2, -0.15) is 0 Å². The summed E-state index contributed by atoms with van der Waals surface area (Å²) in [5, 5.41) is 2.73. The van der Waals surface area contributed by atoms with E-state index in [0.29, 0.717) is 6.54 Å². The van der Waals surface area contributed by atoms with E-state index in [1.54, 1.807) is 11.9 Å². The summed E-state index contributed by atoms with van der Waals surface area (Å²) in [6.07, 6.45) is 0.861. The lowest BCUT2D eigenvalue weighted by Crippen LogP contribution is -2.37. The van der Waals surface area contributed by atoms with E-state index in [0.717, 1.165) is 12.5 Å². The van der Waals surface area contributed by atoms with Crippen LogP contribution in [0.1, 0.15) is 23.7 Å². The van der Waals surface area contributed by atoms with Crippen LogP contribution in [0.5, 0.6) is 5.75 Å². The van der Waals surface area contributed by atoms with E-state index in [1.807, 2.05) is 6.92 Å². The van der Waals surface area contributed by atoms with Gasteiger partial charge >= 0.3 is 0 Å². The first kappa shape index (κ1) is 17.1. The summed E-state index contributed by atoms with van der Waals surface area (Å²) in [7, 11) is 3.03. The number of carbonyl (C=O) groups excluding carboxylic acids is 2. The molecule has 0 heterocycles. The summed E-state index contributed by atoms with van der Waals surface area (Å²) >= 11 is 0. The number of Topliss-reactive ketones (excluding diaryl/α,β-unsaturated/α-hetero) is 1. The zero-order valence-electron chi connectivity index (χ0n) is 12.6. The average Bonchev–Trinajstić information content (AvgIpc) is 2.44. The van der Waals surface area contributed by atoms with Crippen molar-refractivity contribution in [2.45, 2.75) is 13.3 Å². The summed E-state index contributed by atoms with van der Waals surface area (Å²) in [5.74, 6) is -0.860. The second-order valence-electron chi connectivity index (χ2n) is 4.79. The molecule has 21 heavy (non-hydrogen) atoms. The second kappa shape index (κ2) is 8.36. The Kier molecular flexibility index (Phi) is 6.81. The van der Waals surface area contributed by atoms with Gasteiger partial charge in [-0.3, -0.25) is 14.5 Å². The summed E-state index contributed by atoms with van der Waals surface area (Å²) in [6, 6.07) is 4.07. The summed E-state index contributed by atoms with van der Waals surface area (Å²) < 4.78 is 18.3. The van der Waals surface area contributed by atoms with Gasteiger partial charge in [0.15, 0.2) is 17.3 Å². The third-order valence-electron chi connectivity index (χ3n) is 2.87. The molecule has 0 saturated heterocycles. The SMILES string of the molecule is CCCNC(=O)CN(C)CC(=O)c1ccc(OC)c(F)c1. The van der Waals surface area contributed by atoms with Gasteiger partial charge in [0.25, 0.3) is 0 Å². The molecule has 6 heteroatoms. The predicted octanol–water partition coefficient (Wildman–Crippen LogP) is 1.47. The van der Waals surface area contributed by atoms with Crippen LogP contribution < -0.4 is 10.1 Å². The van der Waals surface area contributed by atoms with E-state index >= 15 is 0 Å². The molecule has 1 rings (SSSR count). The Bertz CT molecular complexity index is 506. The number of rotatable bonds is 8. The van der Waals surface area contributed by atoms with Gasteiger partial charge in [0.05, 0.1) is 20.2 Å². The molecule has 0 spiro atoms. The van der Waals surface area contributed by atoms with Crippen LogP contribution in [0.4, 0.5) is 4.39 Å². The second-order valence-corrected chi connectivity index (χ2v) is 4.79. The Morgan fingerprint density at radius 2 is 2.05 bits per heavy atom. The van der Waals surface area contributed by atoms with Crippen LogP contribution in [0.15, 0.2) is 18.2 Å². The van der Waals surface area contributed by atoms with Crippen LogP contribution >= 0.6 is 0 Å². The van der Waals surface area contributed by atoms with Gasteiger partial charge in [-0.1, -0.05) is 6.92 Å². The van der Waals surface area contributed by atoms with Gasteiger partial charge in [0.1, 0.15) is 0 Å². The van der Waals surface area contributed by atoms with Crippen molar-refractivity contribution in [1.29, 1.82) is 0 Å². The number of nitrogens with one attached hydrogen (secondary N) is 1. The molecule has 1 N–H and O–H groups in total. The van der Waals surface area contributed by atoms with Crippen molar-refractivity contribution in [3.8, 4) is 5.75 Å². The first-order valence-corrected chi connectivity index (χ1v) is 6.80. The highest BCUT2D eigenvalue weighted by atomic mass is 19.1. The molecule has 0 aliphatic carbocycles. The number of ether oxygens (including phenoxy) is 1. The van der Waals surface area contributed by atoms with Crippen LogP contribution in [0.3, 0.4) is 0 Å². The zero-order valence-corrected chi connectivity index (χ0v) is 12.6. The normalized spacial score (nSPS) is 10.5. The lowest BCUT2D eigenvalue weighted by molar-refractivity contribution is -0.121. The van der Waals surface area contributed by atoms with E-state index in [-0.39, 0.29) is 36.1 Å². The summed E-state index contributed by atoms with van der Waals surface area (Å²) in [5.41, 5.74) is 0.258. The van der Waals surface area contributed by atoms with Gasteiger partial charge in [-0.15, -0.1) is 0 Å². The number of likely N-dealkylation sites (N-methyl/N-ethyl adjacent to an activating group) is 1. The number of carbonyl (C=O) groups is 2. The van der Waals surface area contributed by atoms with Crippen LogP contribution in [-0.4, -0.2) is 50.4 Å². The molecule has 5 nitrogen and oxygen atoms in total. The van der Waals surface area contributed by atoms with E-state index in [4.69, 9.17) is 4.74 Å². The molecule has 0 atom stereocenters. The molecule has 0 unspecified atom stereocenters. The number of hydrogen-bond acceptors (Lipinski definition) is 4. The van der Waals surface area contributed by atoms with Crippen molar-refractivity contribution in [3.63, 3.8) is 0 Å². The number of halogens is 1. The van der Waals surface area contributed by atoms with Crippen molar-refractivity contribution >= 4 is 11.7 Å². The van der Waals surface area contributed by atoms with E-state index in [1.165, 1.54) is 19.2 Å². The van der Waals surface area contributed by atoms with Gasteiger partial charge in [0.2, 0.25) is 5.91 Å². The fourth-order valence-corrected chi connectivity index (χ4v) is 1.80. The van der Waals surface area contributed by atoms with Crippen LogP contribution in [0.2, 0.25) is 0 Å². The van der Waals surface area contributed by atoms with Crippen LogP contribution in [0, 0.1) is 5.82 Å². The Morgan fingerprint density at radius 3 is 2.62 bits per heavy atom. The minimum absolute atomic E-state index is 0.0469. The number of ketones is 1. The zero-order chi connectivity index (χ0) is 15.8. The lowest BCUT2D eigenvalue weighted by Gasteiger charge is -2.15. The van der Waals surface area contributed by atoms with E-state index < -0.39 is 5.82 Å². The molecule has 1 amide bonds. The molecule has 0 aliphatic heterocycles. The highest BCUT2D eigenvalue weighted by molar-refractivity contribution is 5.98. The van der Waals surface area contributed by atoms with Gasteiger partial charge in [0, 0.05) is 12.1 Å². The first-order valence-electron chi connectivity index (χ1n) is 6.80. The molecular formula is C15H21FN2O3. The van der Waals surface area contributed by atoms with E-state index in [9.17, 15) is 14.0 Å². The Hall–Kier alpha value is -1.95. The monoisotopic (exact) mass is 296 g/mol. The number of amides is 1. The van der Waals surface area contributed by atoms with Gasteiger partial charge in [-0.05, 0) is 31.7 Å². The van der Waals surface area contributed by atoms with E-state index in [2.05, 4.69) is 5.32 Å². The Balaban J connectivity index is 2.56. The van der Waals surface area contributed by atoms with Crippen molar-refractivity contribution < 1.29 is 18.7 Å². The van der Waals surface area contributed by atoms with Gasteiger partial charge in [-0.25, -0.2) is 4.39 Å². The molecule has 0 bridgehead atoms. The Morgan fingerprint density at radius 1 is 1.33 bits per heavy atom. The number of benzene rings is 1. The molecule has 0 saturated carbocycles. The molecule has 0 aliphatic rings. The third kappa shape index (κ3) is 5.51. The molecule has 116 valence electrons. The number of hydrogen-bond donors (Lipinski definition) is 1. The lowest BCUT2D eigenvalue weighted by atomic mass is 10.1. The maximum absolute atomic E-state index is 13.5. The van der Waals surface area contributed by atoms with Crippen LogP contribution in [0.25, 0.3) is 0 Å². The molecule has 1 aromatic rings. The topological polar surface area (TPSA) is 58.6 Å². The maximum Gasteiger partial charge on any atom is 0.234 e. The number of nitrogens with zero attached hydrogens (tertiary/aromatic N) is 1. The minimum Gasteiger partial charge on any atom is -0.494 e. The molecule has 0 fully saturated rings. The van der Waals surface area contributed by atoms with Crippen LogP contribution in [-0.2, 0) is 4.79 Å². The third-order valence-corrected chi connectivity index (χ3v) is 2.87. The van der Waals surface area contributed by atoms with Crippen molar-refractivity contribution in [2.75, 3.05) is 33.8 Å². The predicted molar refractivity (Wildman–Crippen MR) is 78.1 cm³/mol. The average molecular weight is 296 g/mol. The molecular weight excluding hydrogens is 275 g/mol. The molecule has 0 radical (unpaired) electrons. The highest BCUT2D eigenvalue weighted by Gasteiger charge is 2.14. The fraction of sp³-hybridized carbons (Fsp3) is 0.467. The highest BCUT2D eigenvalue weighted by Crippen LogP contribution is 2.18. The summed E-state index contributed by atoms with van der Waals surface area (Å²) in [6.45, 7) is 2.76. The first-order chi connectivity index (χ1) is 9.97. The standard InChI is InChI=1S/C15H21FN2O3/c1-4-7-17-15(20)10-18(2)9-13(19)11-5-6-14(21-3)12(16)8-11/h5-6,8H,4,7,9-10H2,1-3H3,(H,17,20). The molecule has 0 aromatic heterocycles. The quantitative estimate of drug-likeness (QED) is 0.738. The summed E-state index contributed by atoms with van der Waals surface area (Å²) in [4.78, 5) is 25.1. The minimum atomic E-state index is -0.577. The van der Waals surface area contributed by atoms with Crippen molar-refractivity contribution in [3.05, 3.63) is 29.6 Å². The Labute approximate surface area is 124 Å².